The van der Waals surface area contributed by atoms with Gasteiger partial charge in [0.25, 0.3) is 11.7 Å². The molecule has 0 saturated carbocycles. The molecule has 3 aromatic heterocycles. The van der Waals surface area contributed by atoms with E-state index in [1.807, 2.05) is 30.9 Å². The summed E-state index contributed by atoms with van der Waals surface area (Å²) in [4.78, 5) is 27.1. The van der Waals surface area contributed by atoms with Gasteiger partial charge in [0, 0.05) is 36.6 Å². The van der Waals surface area contributed by atoms with Crippen LogP contribution in [0.15, 0.2) is 30.7 Å². The van der Waals surface area contributed by atoms with E-state index in [-0.39, 0.29) is 11.9 Å². The summed E-state index contributed by atoms with van der Waals surface area (Å²) in [6.07, 6.45) is 4.01. The molecule has 1 atom stereocenters. The molecule has 1 amide bonds. The van der Waals surface area contributed by atoms with Crippen LogP contribution in [-0.2, 0) is 0 Å². The molecule has 3 aromatic rings. The minimum Gasteiger partial charge on any atom is -0.365 e. The number of rotatable bonds is 3. The maximum absolute atomic E-state index is 12.5. The topological polar surface area (TPSA) is 88.3 Å². The number of nitrogens with one attached hydrogen (secondary N) is 1. The average Bonchev–Trinajstić information content (AvgIpc) is 3.28. The van der Waals surface area contributed by atoms with Gasteiger partial charge in [-0.3, -0.25) is 9.78 Å². The van der Waals surface area contributed by atoms with E-state index in [1.54, 1.807) is 16.8 Å². The minimum absolute atomic E-state index is 0.0292. The molecule has 0 aromatic carbocycles. The molecule has 0 spiro atoms. The molecule has 1 saturated heterocycles. The van der Waals surface area contributed by atoms with Crippen molar-refractivity contribution >= 4 is 17.5 Å². The molecule has 0 aliphatic carbocycles. The van der Waals surface area contributed by atoms with Gasteiger partial charge in [-0.1, -0.05) is 6.07 Å². The Labute approximate surface area is 144 Å². The van der Waals surface area contributed by atoms with Gasteiger partial charge < -0.3 is 10.2 Å². The van der Waals surface area contributed by atoms with Crippen LogP contribution in [0, 0.1) is 13.8 Å². The van der Waals surface area contributed by atoms with Crippen LogP contribution in [0.2, 0.25) is 0 Å². The molecule has 8 heteroatoms. The van der Waals surface area contributed by atoms with Crippen LogP contribution in [-0.4, -0.2) is 54.5 Å². The van der Waals surface area contributed by atoms with Crippen molar-refractivity contribution in [1.82, 2.24) is 29.5 Å². The summed E-state index contributed by atoms with van der Waals surface area (Å²) in [5.41, 5.74) is 2.44. The molecule has 25 heavy (non-hydrogen) atoms. The van der Waals surface area contributed by atoms with Gasteiger partial charge in [-0.25, -0.2) is 4.98 Å². The predicted octanol–water partition coefficient (Wildman–Crippen LogP) is 1.46. The number of likely N-dealkylation sites (tertiary alicyclic amines) is 1. The fraction of sp³-hybridized carbons (Fsp3) is 0.353. The number of pyridine rings is 1. The van der Waals surface area contributed by atoms with Crippen molar-refractivity contribution in [2.75, 3.05) is 18.4 Å². The zero-order valence-corrected chi connectivity index (χ0v) is 14.2. The molecular weight excluding hydrogens is 318 g/mol. The van der Waals surface area contributed by atoms with Gasteiger partial charge in [0.2, 0.25) is 0 Å². The lowest BCUT2D eigenvalue weighted by atomic mass is 10.2. The number of anilines is 1. The van der Waals surface area contributed by atoms with Crippen LogP contribution in [0.4, 0.5) is 5.82 Å². The monoisotopic (exact) mass is 337 g/mol. The zero-order valence-electron chi connectivity index (χ0n) is 14.2. The number of hydrogen-bond acceptors (Lipinski definition) is 6. The molecule has 0 radical (unpaired) electrons. The third-order valence-electron chi connectivity index (χ3n) is 4.61. The Bertz CT molecular complexity index is 921. The highest BCUT2D eigenvalue weighted by Gasteiger charge is 2.28. The summed E-state index contributed by atoms with van der Waals surface area (Å²) in [7, 11) is 0. The summed E-state index contributed by atoms with van der Waals surface area (Å²) < 4.78 is 1.71. The number of fused-ring (bicyclic) bond motifs is 1. The third kappa shape index (κ3) is 2.79. The molecule has 1 aliphatic heterocycles. The highest BCUT2D eigenvalue weighted by Crippen LogP contribution is 2.22. The van der Waals surface area contributed by atoms with E-state index in [0.717, 1.165) is 23.5 Å². The van der Waals surface area contributed by atoms with Crippen molar-refractivity contribution in [3.8, 4) is 0 Å². The summed E-state index contributed by atoms with van der Waals surface area (Å²) in [6.45, 7) is 5.31. The second-order valence-electron chi connectivity index (χ2n) is 6.24. The zero-order chi connectivity index (χ0) is 17.4. The van der Waals surface area contributed by atoms with Gasteiger partial charge in [0.1, 0.15) is 17.8 Å². The first kappa shape index (κ1) is 15.5. The van der Waals surface area contributed by atoms with Crippen molar-refractivity contribution < 1.29 is 4.79 Å². The van der Waals surface area contributed by atoms with Crippen LogP contribution >= 0.6 is 0 Å². The lowest BCUT2D eigenvalue weighted by Gasteiger charge is -2.19. The van der Waals surface area contributed by atoms with Gasteiger partial charge in [0.15, 0.2) is 0 Å². The first-order valence-electron chi connectivity index (χ1n) is 8.27. The Morgan fingerprint density at radius 3 is 2.96 bits per heavy atom. The van der Waals surface area contributed by atoms with Gasteiger partial charge in [-0.05, 0) is 32.4 Å². The second kappa shape index (κ2) is 6.12. The van der Waals surface area contributed by atoms with E-state index < -0.39 is 0 Å². The van der Waals surface area contributed by atoms with E-state index >= 15 is 0 Å². The maximum Gasteiger partial charge on any atom is 0.272 e. The number of aryl methyl sites for hydroxylation is 1. The number of carbonyl (C=O) groups excluding carboxylic acids is 1. The van der Waals surface area contributed by atoms with Crippen LogP contribution in [0.3, 0.4) is 0 Å². The van der Waals surface area contributed by atoms with Crippen LogP contribution < -0.4 is 5.32 Å². The standard InChI is InChI=1S/C17H19N7O/c1-11-12(2)21-17-19-10-20-24(17)15(11)22-13-6-8-23(9-13)16(25)14-5-3-4-7-18-14/h3-5,7,10,13,22H,6,8-9H2,1-2H3. The van der Waals surface area contributed by atoms with Crippen LogP contribution in [0.1, 0.15) is 28.2 Å². The quantitative estimate of drug-likeness (QED) is 0.778. The predicted molar refractivity (Wildman–Crippen MR) is 92.4 cm³/mol. The van der Waals surface area contributed by atoms with Crippen molar-refractivity contribution in [3.63, 3.8) is 0 Å². The Morgan fingerprint density at radius 1 is 1.28 bits per heavy atom. The number of hydrogen-bond donors (Lipinski definition) is 1. The maximum atomic E-state index is 12.5. The number of carbonyl (C=O) groups is 1. The van der Waals surface area contributed by atoms with Crippen molar-refractivity contribution in [2.24, 2.45) is 0 Å². The summed E-state index contributed by atoms with van der Waals surface area (Å²) in [5, 5.41) is 7.78. The van der Waals surface area contributed by atoms with E-state index in [9.17, 15) is 4.79 Å². The molecule has 1 aliphatic rings. The fourth-order valence-electron chi connectivity index (χ4n) is 3.11. The minimum atomic E-state index is -0.0292. The first-order chi connectivity index (χ1) is 12.1. The molecule has 0 bridgehead atoms. The first-order valence-corrected chi connectivity index (χ1v) is 8.27. The normalized spacial score (nSPS) is 17.2. The van der Waals surface area contributed by atoms with E-state index in [1.165, 1.54) is 6.33 Å². The Hall–Kier alpha value is -3.03. The number of nitrogens with zero attached hydrogens (tertiary/aromatic N) is 6. The summed E-state index contributed by atoms with van der Waals surface area (Å²) in [5.74, 6) is 1.43. The molecule has 4 rings (SSSR count). The molecule has 8 nitrogen and oxygen atoms in total. The molecule has 1 fully saturated rings. The summed E-state index contributed by atoms with van der Waals surface area (Å²) >= 11 is 0. The smallest absolute Gasteiger partial charge is 0.272 e. The Balaban J connectivity index is 1.53. The van der Waals surface area contributed by atoms with Crippen LogP contribution in [0.5, 0.6) is 0 Å². The largest absolute Gasteiger partial charge is 0.365 e. The number of aromatic nitrogens is 5. The lowest BCUT2D eigenvalue weighted by molar-refractivity contribution is 0.0786. The average molecular weight is 337 g/mol. The van der Waals surface area contributed by atoms with Gasteiger partial charge in [0.05, 0.1) is 0 Å². The highest BCUT2D eigenvalue weighted by atomic mass is 16.2. The summed E-state index contributed by atoms with van der Waals surface area (Å²) in [6, 6.07) is 5.54. The Morgan fingerprint density at radius 2 is 2.16 bits per heavy atom. The van der Waals surface area contributed by atoms with E-state index in [4.69, 9.17) is 0 Å². The highest BCUT2D eigenvalue weighted by molar-refractivity contribution is 5.92. The number of amides is 1. The fourth-order valence-corrected chi connectivity index (χ4v) is 3.11. The lowest BCUT2D eigenvalue weighted by Crippen LogP contribution is -2.32. The second-order valence-corrected chi connectivity index (χ2v) is 6.24. The van der Waals surface area contributed by atoms with Gasteiger partial charge >= 0.3 is 0 Å². The third-order valence-corrected chi connectivity index (χ3v) is 4.61. The molecule has 128 valence electrons. The van der Waals surface area contributed by atoms with Gasteiger partial charge in [-0.2, -0.15) is 14.6 Å². The molecule has 4 heterocycles. The van der Waals surface area contributed by atoms with E-state index in [0.29, 0.717) is 24.6 Å². The molecule has 1 N–H and O–H groups in total. The van der Waals surface area contributed by atoms with Crippen LogP contribution in [0.25, 0.3) is 5.78 Å². The Kier molecular flexibility index (Phi) is 3.79. The van der Waals surface area contributed by atoms with Crippen molar-refractivity contribution in [1.29, 1.82) is 0 Å². The van der Waals surface area contributed by atoms with E-state index in [2.05, 4.69) is 25.4 Å². The molecular formula is C17H19N7O. The van der Waals surface area contributed by atoms with Gasteiger partial charge in [-0.15, -0.1) is 0 Å². The van der Waals surface area contributed by atoms with Crippen molar-refractivity contribution in [2.45, 2.75) is 26.3 Å². The SMILES string of the molecule is Cc1nc2ncnn2c(NC2CCN(C(=O)c3ccccn3)C2)c1C. The molecule has 1 unspecified atom stereocenters. The van der Waals surface area contributed by atoms with Crippen molar-refractivity contribution in [3.05, 3.63) is 47.7 Å².